The van der Waals surface area contributed by atoms with Crippen molar-refractivity contribution in [2.24, 2.45) is 5.73 Å². The summed E-state index contributed by atoms with van der Waals surface area (Å²) < 4.78 is 5.59. The van der Waals surface area contributed by atoms with Gasteiger partial charge in [-0.25, -0.2) is 4.79 Å². The van der Waals surface area contributed by atoms with E-state index in [9.17, 15) is 9.59 Å². The summed E-state index contributed by atoms with van der Waals surface area (Å²) in [7, 11) is 0. The van der Waals surface area contributed by atoms with Crippen molar-refractivity contribution in [2.45, 2.75) is 57.2 Å². The number of hydrogen-bond acceptors (Lipinski definition) is 3. The second kappa shape index (κ2) is 9.93. The van der Waals surface area contributed by atoms with Crippen molar-refractivity contribution in [3.63, 3.8) is 0 Å². The van der Waals surface area contributed by atoms with E-state index in [1.54, 1.807) is 4.90 Å². The van der Waals surface area contributed by atoms with Crippen LogP contribution in [0.1, 0.15) is 43.2 Å². The zero-order chi connectivity index (χ0) is 19.8. The number of nitrogens with two attached hydrogens (primary N) is 1. The largest absolute Gasteiger partial charge is 0.445 e. The van der Waals surface area contributed by atoms with Gasteiger partial charge in [0.2, 0.25) is 5.91 Å². The monoisotopic (exact) mass is 380 g/mol. The minimum Gasteiger partial charge on any atom is -0.445 e. The van der Waals surface area contributed by atoms with Gasteiger partial charge in [0, 0.05) is 12.5 Å². The van der Waals surface area contributed by atoms with Crippen molar-refractivity contribution in [3.05, 3.63) is 71.8 Å². The van der Waals surface area contributed by atoms with E-state index in [1.165, 1.54) is 0 Å². The van der Waals surface area contributed by atoms with Crippen molar-refractivity contribution in [1.29, 1.82) is 0 Å². The third kappa shape index (κ3) is 5.35. The van der Waals surface area contributed by atoms with Gasteiger partial charge < -0.3 is 10.5 Å². The lowest BCUT2D eigenvalue weighted by Gasteiger charge is -2.38. The van der Waals surface area contributed by atoms with Gasteiger partial charge >= 0.3 is 6.09 Å². The maximum atomic E-state index is 13.0. The zero-order valence-electron chi connectivity index (χ0n) is 16.1. The van der Waals surface area contributed by atoms with E-state index >= 15 is 0 Å². The van der Waals surface area contributed by atoms with Gasteiger partial charge in [-0.05, 0) is 24.0 Å². The maximum Gasteiger partial charge on any atom is 0.411 e. The van der Waals surface area contributed by atoms with Crippen LogP contribution in [0.5, 0.6) is 0 Å². The Bertz CT molecular complexity index is 758. The maximum absolute atomic E-state index is 13.0. The minimum atomic E-state index is -0.714. The Labute approximate surface area is 166 Å². The first-order valence-electron chi connectivity index (χ1n) is 9.97. The van der Waals surface area contributed by atoms with Crippen molar-refractivity contribution in [2.75, 3.05) is 0 Å². The summed E-state index contributed by atoms with van der Waals surface area (Å²) in [6.45, 7) is 0.180. The molecular formula is C23H28N2O3. The highest BCUT2D eigenvalue weighted by molar-refractivity contribution is 5.84. The molecule has 2 aromatic carbocycles. The molecule has 5 nitrogen and oxygen atoms in total. The SMILES string of the molecule is NC(=O)C(Cc1ccccc1)N(C(=O)OCc1ccccc1)C1CCCCC1. The molecule has 2 aromatic rings. The number of rotatable bonds is 7. The summed E-state index contributed by atoms with van der Waals surface area (Å²) in [5, 5.41) is 0. The zero-order valence-corrected chi connectivity index (χ0v) is 16.1. The van der Waals surface area contributed by atoms with Gasteiger partial charge in [0.25, 0.3) is 0 Å². The Hall–Kier alpha value is -2.82. The standard InChI is InChI=1S/C23H28N2O3/c24-22(26)21(16-18-10-4-1-5-11-18)25(20-14-8-3-9-15-20)23(27)28-17-19-12-6-2-7-13-19/h1-2,4-7,10-13,20-21H,3,8-9,14-17H2,(H2,24,26). The van der Waals surface area contributed by atoms with Crippen molar-refractivity contribution in [1.82, 2.24) is 4.90 Å². The summed E-state index contributed by atoms with van der Waals surface area (Å²) in [4.78, 5) is 27.0. The highest BCUT2D eigenvalue weighted by Gasteiger charge is 2.36. The average molecular weight is 380 g/mol. The molecule has 0 aliphatic heterocycles. The molecule has 0 spiro atoms. The molecule has 2 N–H and O–H groups in total. The Balaban J connectivity index is 1.79. The van der Waals surface area contributed by atoms with E-state index in [1.807, 2.05) is 60.7 Å². The molecule has 0 bridgehead atoms. The number of amides is 2. The molecule has 2 amide bonds. The molecule has 28 heavy (non-hydrogen) atoms. The van der Waals surface area contributed by atoms with E-state index in [2.05, 4.69) is 0 Å². The van der Waals surface area contributed by atoms with E-state index in [-0.39, 0.29) is 12.6 Å². The number of carbonyl (C=O) groups excluding carboxylic acids is 2. The Morgan fingerprint density at radius 3 is 2.07 bits per heavy atom. The molecule has 0 aromatic heterocycles. The molecule has 1 saturated carbocycles. The Kier molecular flexibility index (Phi) is 7.06. The Morgan fingerprint density at radius 2 is 1.50 bits per heavy atom. The number of primary amides is 1. The van der Waals surface area contributed by atoms with Gasteiger partial charge in [-0.3, -0.25) is 9.69 Å². The van der Waals surface area contributed by atoms with Gasteiger partial charge in [-0.2, -0.15) is 0 Å². The van der Waals surface area contributed by atoms with Crippen LogP contribution in [0.3, 0.4) is 0 Å². The topological polar surface area (TPSA) is 72.6 Å². The summed E-state index contributed by atoms with van der Waals surface area (Å²) in [6.07, 6.45) is 4.93. The van der Waals surface area contributed by atoms with Gasteiger partial charge in [0.15, 0.2) is 0 Å². The van der Waals surface area contributed by atoms with Gasteiger partial charge in [0.05, 0.1) is 0 Å². The van der Waals surface area contributed by atoms with E-state index < -0.39 is 18.0 Å². The van der Waals surface area contributed by atoms with E-state index in [0.29, 0.717) is 6.42 Å². The number of hydrogen-bond donors (Lipinski definition) is 1. The van der Waals surface area contributed by atoms with Crippen LogP contribution in [-0.4, -0.2) is 29.0 Å². The molecule has 0 heterocycles. The van der Waals surface area contributed by atoms with Crippen LogP contribution >= 0.6 is 0 Å². The lowest BCUT2D eigenvalue weighted by atomic mass is 9.92. The molecule has 0 radical (unpaired) electrons. The fraction of sp³-hybridized carbons (Fsp3) is 0.391. The Morgan fingerprint density at radius 1 is 0.929 bits per heavy atom. The molecule has 148 valence electrons. The molecule has 1 atom stereocenters. The van der Waals surface area contributed by atoms with Crippen molar-refractivity contribution >= 4 is 12.0 Å². The molecular weight excluding hydrogens is 352 g/mol. The van der Waals surface area contributed by atoms with E-state index in [4.69, 9.17) is 10.5 Å². The minimum absolute atomic E-state index is 0.0155. The number of nitrogens with zero attached hydrogens (tertiary/aromatic N) is 1. The van der Waals surface area contributed by atoms with Gasteiger partial charge in [-0.1, -0.05) is 79.9 Å². The fourth-order valence-corrected chi connectivity index (χ4v) is 3.86. The smallest absolute Gasteiger partial charge is 0.411 e. The molecule has 3 rings (SSSR count). The molecule has 1 aliphatic carbocycles. The van der Waals surface area contributed by atoms with Crippen LogP contribution < -0.4 is 5.73 Å². The lowest BCUT2D eigenvalue weighted by molar-refractivity contribution is -0.124. The first-order valence-corrected chi connectivity index (χ1v) is 9.97. The average Bonchev–Trinajstić information content (AvgIpc) is 2.74. The molecule has 1 unspecified atom stereocenters. The van der Waals surface area contributed by atoms with Gasteiger partial charge in [-0.15, -0.1) is 0 Å². The highest BCUT2D eigenvalue weighted by atomic mass is 16.6. The molecule has 1 aliphatic rings. The first kappa shape index (κ1) is 19.9. The predicted octanol–water partition coefficient (Wildman–Crippen LogP) is 4.05. The number of benzene rings is 2. The van der Waals surface area contributed by atoms with Crippen LogP contribution in [0.2, 0.25) is 0 Å². The first-order chi connectivity index (χ1) is 13.6. The molecule has 5 heteroatoms. The van der Waals surface area contributed by atoms with Gasteiger partial charge in [0.1, 0.15) is 12.6 Å². The summed E-state index contributed by atoms with van der Waals surface area (Å²) in [5.74, 6) is -0.494. The van der Waals surface area contributed by atoms with Crippen LogP contribution in [0.4, 0.5) is 4.79 Å². The summed E-state index contributed by atoms with van der Waals surface area (Å²) in [5.41, 5.74) is 7.64. The normalized spacial score (nSPS) is 15.6. The number of carbonyl (C=O) groups is 2. The second-order valence-corrected chi connectivity index (χ2v) is 7.35. The van der Waals surface area contributed by atoms with Crippen molar-refractivity contribution < 1.29 is 14.3 Å². The summed E-state index contributed by atoms with van der Waals surface area (Å²) in [6, 6.07) is 18.5. The van der Waals surface area contributed by atoms with Crippen LogP contribution in [0.25, 0.3) is 0 Å². The van der Waals surface area contributed by atoms with E-state index in [0.717, 1.165) is 43.2 Å². The third-order valence-electron chi connectivity index (χ3n) is 5.32. The summed E-state index contributed by atoms with van der Waals surface area (Å²) >= 11 is 0. The van der Waals surface area contributed by atoms with Crippen LogP contribution in [0, 0.1) is 0 Å². The fourth-order valence-electron chi connectivity index (χ4n) is 3.86. The van der Waals surface area contributed by atoms with Crippen LogP contribution in [0.15, 0.2) is 60.7 Å². The highest BCUT2D eigenvalue weighted by Crippen LogP contribution is 2.26. The second-order valence-electron chi connectivity index (χ2n) is 7.35. The molecule has 0 saturated heterocycles. The predicted molar refractivity (Wildman–Crippen MR) is 108 cm³/mol. The van der Waals surface area contributed by atoms with Crippen molar-refractivity contribution in [3.8, 4) is 0 Å². The van der Waals surface area contributed by atoms with Crippen LogP contribution in [-0.2, 0) is 22.6 Å². The quantitative estimate of drug-likeness (QED) is 0.787. The third-order valence-corrected chi connectivity index (χ3v) is 5.32. The number of ether oxygens (including phenoxy) is 1. The molecule has 1 fully saturated rings. The lowest BCUT2D eigenvalue weighted by Crippen LogP contribution is -2.54.